The molecule has 5 rings (SSSR count). The predicted octanol–water partition coefficient (Wildman–Crippen LogP) is 6.74. The normalized spacial score (nSPS) is 39.6. The molecule has 0 N–H and O–H groups in total. The molecule has 4 heteroatoms. The molecule has 34 heavy (non-hydrogen) atoms. The Bertz CT molecular complexity index is 967. The van der Waals surface area contributed by atoms with Gasteiger partial charge in [0.2, 0.25) is 0 Å². The van der Waals surface area contributed by atoms with E-state index >= 15 is 0 Å². The van der Waals surface area contributed by atoms with Crippen molar-refractivity contribution in [3.05, 3.63) is 47.5 Å². The Morgan fingerprint density at radius 3 is 2.50 bits per heavy atom. The molecule has 4 aliphatic carbocycles. The van der Waals surface area contributed by atoms with Crippen molar-refractivity contribution in [2.24, 2.45) is 34.5 Å². The van der Waals surface area contributed by atoms with Crippen LogP contribution in [0.2, 0.25) is 0 Å². The van der Waals surface area contributed by atoms with Crippen LogP contribution in [0.3, 0.4) is 0 Å². The average Bonchev–Trinajstić information content (AvgIpc) is 3.17. The van der Waals surface area contributed by atoms with Crippen LogP contribution >= 0.6 is 0 Å². The minimum atomic E-state index is -0.198. The average molecular weight is 465 g/mol. The highest BCUT2D eigenvalue weighted by Gasteiger charge is 2.59. The largest absolute Gasteiger partial charge is 0.462 e. The van der Waals surface area contributed by atoms with Crippen LogP contribution < -0.4 is 0 Å². The summed E-state index contributed by atoms with van der Waals surface area (Å²) in [6.45, 7) is 8.61. The monoisotopic (exact) mass is 464 g/mol. The summed E-state index contributed by atoms with van der Waals surface area (Å²) in [5.41, 5.74) is 2.65. The van der Waals surface area contributed by atoms with E-state index in [0.717, 1.165) is 32.1 Å². The minimum Gasteiger partial charge on any atom is -0.462 e. The molecule has 0 aromatic heterocycles. The van der Waals surface area contributed by atoms with Gasteiger partial charge >= 0.3 is 11.9 Å². The van der Waals surface area contributed by atoms with Gasteiger partial charge in [-0.2, -0.15) is 0 Å². The summed E-state index contributed by atoms with van der Waals surface area (Å²) in [4.78, 5) is 24.2. The number of ether oxygens (including phenoxy) is 2. The van der Waals surface area contributed by atoms with E-state index in [1.165, 1.54) is 31.8 Å². The number of hydrogen-bond acceptors (Lipinski definition) is 4. The van der Waals surface area contributed by atoms with E-state index in [9.17, 15) is 9.59 Å². The van der Waals surface area contributed by atoms with Crippen LogP contribution in [0.5, 0.6) is 0 Å². The van der Waals surface area contributed by atoms with E-state index < -0.39 is 0 Å². The van der Waals surface area contributed by atoms with Gasteiger partial charge in [-0.1, -0.05) is 43.7 Å². The van der Waals surface area contributed by atoms with Crippen molar-refractivity contribution in [2.75, 3.05) is 0 Å². The third-order valence-electron chi connectivity index (χ3n) is 10.3. The lowest BCUT2D eigenvalue weighted by atomic mass is 9.47. The quantitative estimate of drug-likeness (QED) is 0.366. The number of allylic oxidation sites excluding steroid dienone is 1. The first-order chi connectivity index (χ1) is 16.2. The summed E-state index contributed by atoms with van der Waals surface area (Å²) in [7, 11) is 0. The first-order valence-electron chi connectivity index (χ1n) is 13.3. The molecule has 0 saturated heterocycles. The molecule has 4 nitrogen and oxygen atoms in total. The number of carbonyl (C=O) groups is 2. The molecule has 0 spiro atoms. The van der Waals surface area contributed by atoms with Crippen LogP contribution in [-0.2, 0) is 14.3 Å². The standard InChI is InChI=1S/C30H40O4/c1-19(33-28(32)21-8-6-5-7-9-21)25-12-13-26-24-11-10-22-18-23(34-20(2)31)14-16-29(22,3)27(24)15-17-30(25,26)4/h5-10,19,23-27H,11-18H2,1-4H3/t19-,23?,24+,25-,26+,27+,29+,30-/m1/s1. The van der Waals surface area contributed by atoms with Crippen molar-refractivity contribution >= 4 is 11.9 Å². The number of esters is 2. The number of fused-ring (bicyclic) bond motifs is 5. The molecule has 0 bridgehead atoms. The summed E-state index contributed by atoms with van der Waals surface area (Å²) in [6, 6.07) is 9.38. The van der Waals surface area contributed by atoms with Crippen molar-refractivity contribution in [1.29, 1.82) is 0 Å². The lowest BCUT2D eigenvalue weighted by Gasteiger charge is -2.58. The lowest BCUT2D eigenvalue weighted by molar-refractivity contribution is -0.148. The number of carbonyl (C=O) groups excluding carboxylic acids is 2. The maximum absolute atomic E-state index is 12.7. The van der Waals surface area contributed by atoms with Crippen LogP contribution in [0.15, 0.2) is 42.0 Å². The zero-order valence-electron chi connectivity index (χ0n) is 21.2. The van der Waals surface area contributed by atoms with E-state index in [1.807, 2.05) is 30.3 Å². The highest BCUT2D eigenvalue weighted by Crippen LogP contribution is 2.66. The summed E-state index contributed by atoms with van der Waals surface area (Å²) < 4.78 is 11.6. The number of benzene rings is 1. The van der Waals surface area contributed by atoms with Crippen LogP contribution in [0.1, 0.15) is 89.4 Å². The summed E-state index contributed by atoms with van der Waals surface area (Å²) in [5, 5.41) is 0. The Morgan fingerprint density at radius 1 is 1.00 bits per heavy atom. The predicted molar refractivity (Wildman–Crippen MR) is 132 cm³/mol. The van der Waals surface area contributed by atoms with E-state index in [2.05, 4.69) is 26.8 Å². The fourth-order valence-corrected chi connectivity index (χ4v) is 8.67. The Balaban J connectivity index is 1.31. The third kappa shape index (κ3) is 3.91. The molecular formula is C30H40O4. The minimum absolute atomic E-state index is 0.0539. The van der Waals surface area contributed by atoms with Gasteiger partial charge in [0.25, 0.3) is 0 Å². The molecule has 1 aromatic carbocycles. The molecule has 8 atom stereocenters. The van der Waals surface area contributed by atoms with Gasteiger partial charge in [0.1, 0.15) is 12.2 Å². The van der Waals surface area contributed by atoms with Gasteiger partial charge in [0, 0.05) is 19.3 Å². The number of rotatable bonds is 4. The Hall–Kier alpha value is -2.10. The molecule has 1 aromatic rings. The fourth-order valence-electron chi connectivity index (χ4n) is 8.67. The van der Waals surface area contributed by atoms with Crippen LogP contribution in [0.4, 0.5) is 0 Å². The first kappa shape index (κ1) is 23.6. The summed E-state index contributed by atoms with van der Waals surface area (Å²) >= 11 is 0. The second kappa shape index (κ2) is 8.84. The Kier molecular flexibility index (Phi) is 6.14. The molecule has 1 unspecified atom stereocenters. The van der Waals surface area contributed by atoms with Gasteiger partial charge in [-0.3, -0.25) is 4.79 Å². The van der Waals surface area contributed by atoms with Crippen molar-refractivity contribution in [2.45, 2.75) is 91.3 Å². The van der Waals surface area contributed by atoms with Crippen molar-refractivity contribution in [3.8, 4) is 0 Å². The number of hydrogen-bond donors (Lipinski definition) is 0. The second-order valence-corrected chi connectivity index (χ2v) is 11.9. The van der Waals surface area contributed by atoms with E-state index in [1.54, 1.807) is 0 Å². The molecule has 3 fully saturated rings. The van der Waals surface area contributed by atoms with E-state index in [4.69, 9.17) is 9.47 Å². The maximum Gasteiger partial charge on any atom is 0.338 e. The van der Waals surface area contributed by atoms with Crippen molar-refractivity contribution in [1.82, 2.24) is 0 Å². The van der Waals surface area contributed by atoms with Gasteiger partial charge in [0.15, 0.2) is 0 Å². The molecule has 0 aliphatic heterocycles. The highest BCUT2D eigenvalue weighted by molar-refractivity contribution is 5.89. The molecule has 4 aliphatic rings. The Morgan fingerprint density at radius 2 is 1.76 bits per heavy atom. The molecule has 0 heterocycles. The molecule has 0 radical (unpaired) electrons. The van der Waals surface area contributed by atoms with E-state index in [-0.39, 0.29) is 35.0 Å². The summed E-state index contributed by atoms with van der Waals surface area (Å²) in [5.74, 6) is 2.18. The third-order valence-corrected chi connectivity index (χ3v) is 10.3. The van der Waals surface area contributed by atoms with Gasteiger partial charge in [-0.15, -0.1) is 0 Å². The molecule has 184 valence electrons. The SMILES string of the molecule is CC(=O)OC1CC[C@@]2(C)C(=CC[C@H]3[C@@H]4CC[C@H]([C@@H](C)OC(=O)c5ccccc5)[C@@]4(C)CC[C@@H]32)C1. The van der Waals surface area contributed by atoms with Gasteiger partial charge in [-0.05, 0) is 92.6 Å². The fraction of sp³-hybridized carbons (Fsp3) is 0.667. The second-order valence-electron chi connectivity index (χ2n) is 11.9. The van der Waals surface area contributed by atoms with Crippen LogP contribution in [0.25, 0.3) is 0 Å². The van der Waals surface area contributed by atoms with Crippen molar-refractivity contribution < 1.29 is 19.1 Å². The molecule has 3 saturated carbocycles. The first-order valence-corrected chi connectivity index (χ1v) is 13.3. The summed E-state index contributed by atoms with van der Waals surface area (Å²) in [6.07, 6.45) is 11.5. The lowest BCUT2D eigenvalue weighted by Crippen LogP contribution is -2.51. The van der Waals surface area contributed by atoms with Crippen molar-refractivity contribution in [3.63, 3.8) is 0 Å². The zero-order chi connectivity index (χ0) is 24.1. The highest BCUT2D eigenvalue weighted by atomic mass is 16.5. The van der Waals surface area contributed by atoms with Gasteiger partial charge in [-0.25, -0.2) is 4.79 Å². The van der Waals surface area contributed by atoms with Gasteiger partial charge < -0.3 is 9.47 Å². The zero-order valence-corrected chi connectivity index (χ0v) is 21.2. The Labute approximate surface area is 204 Å². The van der Waals surface area contributed by atoms with Gasteiger partial charge in [0.05, 0.1) is 5.56 Å². The maximum atomic E-state index is 12.7. The van der Waals surface area contributed by atoms with E-state index in [0.29, 0.717) is 29.2 Å². The molecular weight excluding hydrogens is 424 g/mol. The van der Waals surface area contributed by atoms with Crippen LogP contribution in [-0.4, -0.2) is 24.1 Å². The molecule has 0 amide bonds. The topological polar surface area (TPSA) is 52.6 Å². The van der Waals surface area contributed by atoms with Crippen LogP contribution in [0, 0.1) is 34.5 Å². The smallest absolute Gasteiger partial charge is 0.338 e.